The van der Waals surface area contributed by atoms with Crippen LogP contribution < -0.4 is 5.32 Å². The van der Waals surface area contributed by atoms with Crippen LogP contribution in [0.2, 0.25) is 0 Å². The summed E-state index contributed by atoms with van der Waals surface area (Å²) >= 11 is 0. The maximum Gasteiger partial charge on any atom is 0.0622 e. The first-order valence-electron chi connectivity index (χ1n) is 5.46. The zero-order valence-electron chi connectivity index (χ0n) is 8.46. The normalized spacial score (nSPS) is 34.6. The van der Waals surface area contributed by atoms with E-state index in [4.69, 9.17) is 4.74 Å². The van der Waals surface area contributed by atoms with E-state index >= 15 is 0 Å². The molecule has 0 aliphatic carbocycles. The van der Waals surface area contributed by atoms with Crippen LogP contribution in [0, 0.1) is 0 Å². The third-order valence-electron chi connectivity index (χ3n) is 3.24. The summed E-state index contributed by atoms with van der Waals surface area (Å²) in [4.78, 5) is 2.62. The van der Waals surface area contributed by atoms with Crippen LogP contribution in [0.1, 0.15) is 19.8 Å². The number of hydrogen-bond donors (Lipinski definition) is 1. The molecule has 2 atom stereocenters. The summed E-state index contributed by atoms with van der Waals surface area (Å²) in [5.41, 5.74) is 0. The first-order valence-corrected chi connectivity index (χ1v) is 5.46. The number of nitrogens with zero attached hydrogens (tertiary/aromatic N) is 1. The molecular weight excluding hydrogens is 164 g/mol. The molecule has 3 heteroatoms. The van der Waals surface area contributed by atoms with Gasteiger partial charge < -0.3 is 10.1 Å². The zero-order chi connectivity index (χ0) is 9.10. The van der Waals surface area contributed by atoms with Gasteiger partial charge in [-0.1, -0.05) is 6.92 Å². The summed E-state index contributed by atoms with van der Waals surface area (Å²) in [6, 6.07) is 1.45. The molecule has 2 aliphatic heterocycles. The van der Waals surface area contributed by atoms with Gasteiger partial charge in [0.15, 0.2) is 0 Å². The molecule has 0 aromatic rings. The molecule has 13 heavy (non-hydrogen) atoms. The van der Waals surface area contributed by atoms with Crippen LogP contribution in [-0.2, 0) is 4.74 Å². The van der Waals surface area contributed by atoms with Gasteiger partial charge in [-0.15, -0.1) is 0 Å². The number of rotatable bonds is 3. The standard InChI is InChI=1S/C10H20N2O/c1-2-12(9-3-5-11-7-9)10-4-6-13-8-10/h9-11H,2-8H2,1H3. The largest absolute Gasteiger partial charge is 0.380 e. The molecule has 0 aromatic heterocycles. The third kappa shape index (κ3) is 2.03. The molecule has 3 nitrogen and oxygen atoms in total. The van der Waals surface area contributed by atoms with Crippen LogP contribution in [0.25, 0.3) is 0 Å². The van der Waals surface area contributed by atoms with Crippen molar-refractivity contribution >= 4 is 0 Å². The van der Waals surface area contributed by atoms with E-state index < -0.39 is 0 Å². The zero-order valence-corrected chi connectivity index (χ0v) is 8.46. The van der Waals surface area contributed by atoms with Gasteiger partial charge in [0.25, 0.3) is 0 Å². The molecule has 0 aromatic carbocycles. The summed E-state index contributed by atoms with van der Waals surface area (Å²) in [6.45, 7) is 7.70. The maximum atomic E-state index is 5.44. The Morgan fingerprint density at radius 3 is 2.85 bits per heavy atom. The van der Waals surface area contributed by atoms with Crippen LogP contribution in [0.15, 0.2) is 0 Å². The Hall–Kier alpha value is -0.120. The van der Waals surface area contributed by atoms with E-state index in [-0.39, 0.29) is 0 Å². The van der Waals surface area contributed by atoms with Crippen molar-refractivity contribution in [3.05, 3.63) is 0 Å². The van der Waals surface area contributed by atoms with Gasteiger partial charge in [0.2, 0.25) is 0 Å². The van der Waals surface area contributed by atoms with Crippen molar-refractivity contribution in [3.8, 4) is 0 Å². The van der Waals surface area contributed by atoms with E-state index in [2.05, 4.69) is 17.1 Å². The number of nitrogens with one attached hydrogen (secondary N) is 1. The summed E-state index contributed by atoms with van der Waals surface area (Å²) in [6.07, 6.45) is 2.54. The molecule has 76 valence electrons. The number of hydrogen-bond acceptors (Lipinski definition) is 3. The second-order valence-corrected chi connectivity index (χ2v) is 3.99. The summed E-state index contributed by atoms with van der Waals surface area (Å²) in [5.74, 6) is 0. The van der Waals surface area contributed by atoms with Crippen LogP contribution in [0.5, 0.6) is 0 Å². The lowest BCUT2D eigenvalue weighted by molar-refractivity contribution is 0.120. The van der Waals surface area contributed by atoms with Crippen LogP contribution in [0.3, 0.4) is 0 Å². The lowest BCUT2D eigenvalue weighted by atomic mass is 10.1. The minimum Gasteiger partial charge on any atom is -0.380 e. The average Bonchev–Trinajstić information content (AvgIpc) is 2.76. The Morgan fingerprint density at radius 2 is 2.31 bits per heavy atom. The Bertz CT molecular complexity index is 135. The molecule has 0 amide bonds. The first-order chi connectivity index (χ1) is 6.42. The van der Waals surface area contributed by atoms with Gasteiger partial charge in [-0.25, -0.2) is 0 Å². The van der Waals surface area contributed by atoms with Crippen molar-refractivity contribution < 1.29 is 4.74 Å². The molecular formula is C10H20N2O. The van der Waals surface area contributed by atoms with Gasteiger partial charge in [0.1, 0.15) is 0 Å². The SMILES string of the molecule is CCN(C1CCNC1)C1CCOC1. The fourth-order valence-electron chi connectivity index (χ4n) is 2.52. The van der Waals surface area contributed by atoms with Crippen molar-refractivity contribution in [2.75, 3.05) is 32.8 Å². The fraction of sp³-hybridized carbons (Fsp3) is 1.00. The summed E-state index contributed by atoms with van der Waals surface area (Å²) in [5, 5.41) is 3.43. The van der Waals surface area contributed by atoms with Crippen molar-refractivity contribution in [3.63, 3.8) is 0 Å². The predicted molar refractivity (Wildman–Crippen MR) is 52.9 cm³/mol. The Kier molecular flexibility index (Phi) is 3.19. The highest BCUT2D eigenvalue weighted by atomic mass is 16.5. The monoisotopic (exact) mass is 184 g/mol. The molecule has 0 bridgehead atoms. The summed E-state index contributed by atoms with van der Waals surface area (Å²) < 4.78 is 5.44. The second kappa shape index (κ2) is 4.40. The molecule has 2 saturated heterocycles. The number of ether oxygens (including phenoxy) is 1. The molecule has 0 saturated carbocycles. The highest BCUT2D eigenvalue weighted by Crippen LogP contribution is 2.18. The lowest BCUT2D eigenvalue weighted by Gasteiger charge is -2.31. The number of likely N-dealkylation sites (N-methyl/N-ethyl adjacent to an activating group) is 1. The van der Waals surface area contributed by atoms with Gasteiger partial charge in [-0.2, -0.15) is 0 Å². The Labute approximate surface area is 80.4 Å². The molecule has 2 heterocycles. The summed E-state index contributed by atoms with van der Waals surface area (Å²) in [7, 11) is 0. The molecule has 2 aliphatic rings. The van der Waals surface area contributed by atoms with E-state index in [0.717, 1.165) is 19.3 Å². The fourth-order valence-corrected chi connectivity index (χ4v) is 2.52. The lowest BCUT2D eigenvalue weighted by Crippen LogP contribution is -2.44. The van der Waals surface area contributed by atoms with Gasteiger partial charge in [0, 0.05) is 25.2 Å². The van der Waals surface area contributed by atoms with Crippen molar-refractivity contribution in [2.45, 2.75) is 31.8 Å². The minimum absolute atomic E-state index is 0.690. The van der Waals surface area contributed by atoms with E-state index in [1.165, 1.54) is 32.5 Å². The van der Waals surface area contributed by atoms with E-state index in [9.17, 15) is 0 Å². The quantitative estimate of drug-likeness (QED) is 0.689. The van der Waals surface area contributed by atoms with E-state index in [1.807, 2.05) is 0 Å². The van der Waals surface area contributed by atoms with Crippen LogP contribution >= 0.6 is 0 Å². The van der Waals surface area contributed by atoms with Crippen molar-refractivity contribution in [1.82, 2.24) is 10.2 Å². The van der Waals surface area contributed by atoms with Crippen molar-refractivity contribution in [2.24, 2.45) is 0 Å². The van der Waals surface area contributed by atoms with Crippen LogP contribution in [-0.4, -0.2) is 49.8 Å². The average molecular weight is 184 g/mol. The van der Waals surface area contributed by atoms with Gasteiger partial charge in [-0.05, 0) is 25.9 Å². The maximum absolute atomic E-state index is 5.44. The Morgan fingerprint density at radius 1 is 1.38 bits per heavy atom. The highest BCUT2D eigenvalue weighted by Gasteiger charge is 2.29. The molecule has 0 radical (unpaired) electrons. The van der Waals surface area contributed by atoms with Gasteiger partial charge in [-0.3, -0.25) is 4.90 Å². The smallest absolute Gasteiger partial charge is 0.0622 e. The van der Waals surface area contributed by atoms with Crippen LogP contribution in [0.4, 0.5) is 0 Å². The molecule has 2 fully saturated rings. The van der Waals surface area contributed by atoms with E-state index in [1.54, 1.807) is 0 Å². The molecule has 2 rings (SSSR count). The molecule has 2 unspecified atom stereocenters. The minimum atomic E-state index is 0.690. The highest BCUT2D eigenvalue weighted by molar-refractivity contribution is 4.86. The van der Waals surface area contributed by atoms with E-state index in [0.29, 0.717) is 6.04 Å². The Balaban J connectivity index is 1.90. The molecule has 1 N–H and O–H groups in total. The molecule has 0 spiro atoms. The first kappa shape index (κ1) is 9.44. The van der Waals surface area contributed by atoms with Crippen molar-refractivity contribution in [1.29, 1.82) is 0 Å². The van der Waals surface area contributed by atoms with Gasteiger partial charge >= 0.3 is 0 Å². The van der Waals surface area contributed by atoms with Gasteiger partial charge in [0.05, 0.1) is 6.61 Å². The second-order valence-electron chi connectivity index (χ2n) is 3.99. The third-order valence-corrected chi connectivity index (χ3v) is 3.24. The predicted octanol–water partition coefficient (Wildman–Crippen LogP) is 0.459. The topological polar surface area (TPSA) is 24.5 Å².